The molecule has 4 heteroatoms. The van der Waals surface area contributed by atoms with Crippen LogP contribution in [0.4, 0.5) is 0 Å². The third-order valence-corrected chi connectivity index (χ3v) is 3.75. The van der Waals surface area contributed by atoms with Crippen molar-refractivity contribution < 1.29 is 0 Å². The summed E-state index contributed by atoms with van der Waals surface area (Å²) in [5.41, 5.74) is 2.33. The van der Waals surface area contributed by atoms with Gasteiger partial charge in [0.15, 0.2) is 0 Å². The molecule has 0 N–H and O–H groups in total. The van der Waals surface area contributed by atoms with Gasteiger partial charge in [0, 0.05) is 20.5 Å². The minimum absolute atomic E-state index is 0.639. The van der Waals surface area contributed by atoms with E-state index in [1.54, 1.807) is 11.8 Å². The molecule has 0 bridgehead atoms. The average molecular weight is 275 g/mol. The van der Waals surface area contributed by atoms with E-state index in [1.807, 2.05) is 44.2 Å². The van der Waals surface area contributed by atoms with E-state index < -0.39 is 0 Å². The summed E-state index contributed by atoms with van der Waals surface area (Å²) in [5, 5.41) is 9.90. The lowest BCUT2D eigenvalue weighted by atomic mass is 10.2. The standard InChI is InChI=1S/C14H11ClN2S/c1-9-7-14(13(8-16)10(2)17-9)18-12-5-3-11(15)4-6-12/h3-7H,1-2H3. The van der Waals surface area contributed by atoms with Crippen LogP contribution >= 0.6 is 23.4 Å². The lowest BCUT2D eigenvalue weighted by Gasteiger charge is -2.07. The molecule has 2 rings (SSSR count). The number of rotatable bonds is 2. The minimum atomic E-state index is 0.639. The van der Waals surface area contributed by atoms with E-state index in [4.69, 9.17) is 11.6 Å². The molecule has 0 saturated heterocycles. The van der Waals surface area contributed by atoms with E-state index in [0.29, 0.717) is 10.6 Å². The quantitative estimate of drug-likeness (QED) is 0.816. The van der Waals surface area contributed by atoms with Crippen molar-refractivity contribution in [3.63, 3.8) is 0 Å². The number of aryl methyl sites for hydroxylation is 2. The first-order valence-electron chi connectivity index (χ1n) is 5.42. The van der Waals surface area contributed by atoms with E-state index in [2.05, 4.69) is 11.1 Å². The van der Waals surface area contributed by atoms with Gasteiger partial charge in [0.05, 0.1) is 11.3 Å². The molecule has 90 valence electrons. The van der Waals surface area contributed by atoms with E-state index >= 15 is 0 Å². The molecule has 0 spiro atoms. The molecule has 0 saturated carbocycles. The summed E-state index contributed by atoms with van der Waals surface area (Å²) in [6, 6.07) is 11.7. The number of aromatic nitrogens is 1. The lowest BCUT2D eigenvalue weighted by molar-refractivity contribution is 1.07. The van der Waals surface area contributed by atoms with Crippen molar-refractivity contribution in [1.82, 2.24) is 4.98 Å². The van der Waals surface area contributed by atoms with E-state index in [0.717, 1.165) is 21.2 Å². The molecule has 0 fully saturated rings. The number of benzene rings is 1. The van der Waals surface area contributed by atoms with Crippen molar-refractivity contribution in [1.29, 1.82) is 5.26 Å². The van der Waals surface area contributed by atoms with Crippen molar-refractivity contribution >= 4 is 23.4 Å². The zero-order valence-corrected chi connectivity index (χ0v) is 11.6. The summed E-state index contributed by atoms with van der Waals surface area (Å²) >= 11 is 7.41. The van der Waals surface area contributed by atoms with Crippen molar-refractivity contribution in [3.05, 3.63) is 52.3 Å². The summed E-state index contributed by atoms with van der Waals surface area (Å²) in [5.74, 6) is 0. The number of hydrogen-bond acceptors (Lipinski definition) is 3. The first kappa shape index (κ1) is 12.9. The van der Waals surface area contributed by atoms with E-state index in [1.165, 1.54) is 0 Å². The van der Waals surface area contributed by atoms with Crippen LogP contribution in [0.1, 0.15) is 17.0 Å². The van der Waals surface area contributed by atoms with Gasteiger partial charge in [0.25, 0.3) is 0 Å². The zero-order chi connectivity index (χ0) is 13.1. The molecule has 18 heavy (non-hydrogen) atoms. The van der Waals surface area contributed by atoms with Crippen LogP contribution in [0.2, 0.25) is 5.02 Å². The molecule has 0 aliphatic carbocycles. The normalized spacial score (nSPS) is 10.1. The molecule has 1 aromatic carbocycles. The summed E-state index contributed by atoms with van der Waals surface area (Å²) in [4.78, 5) is 6.30. The fourth-order valence-electron chi connectivity index (χ4n) is 1.64. The molecule has 0 aliphatic rings. The second-order valence-corrected chi connectivity index (χ2v) is 5.44. The highest BCUT2D eigenvalue weighted by molar-refractivity contribution is 7.99. The third-order valence-electron chi connectivity index (χ3n) is 2.45. The van der Waals surface area contributed by atoms with Crippen LogP contribution < -0.4 is 0 Å². The Labute approximate surface area is 116 Å². The zero-order valence-electron chi connectivity index (χ0n) is 10.1. The number of nitriles is 1. The van der Waals surface area contributed by atoms with Gasteiger partial charge >= 0.3 is 0 Å². The number of nitrogens with zero attached hydrogens (tertiary/aromatic N) is 2. The Morgan fingerprint density at radius 3 is 2.50 bits per heavy atom. The maximum absolute atomic E-state index is 9.19. The Hall–Kier alpha value is -1.50. The Morgan fingerprint density at radius 2 is 1.89 bits per heavy atom. The first-order chi connectivity index (χ1) is 8.60. The number of hydrogen-bond donors (Lipinski definition) is 0. The maximum Gasteiger partial charge on any atom is 0.102 e. The van der Waals surface area contributed by atoms with E-state index in [-0.39, 0.29) is 0 Å². The smallest absolute Gasteiger partial charge is 0.102 e. The highest BCUT2D eigenvalue weighted by Gasteiger charge is 2.09. The van der Waals surface area contributed by atoms with Gasteiger partial charge in [0.2, 0.25) is 0 Å². The largest absolute Gasteiger partial charge is 0.257 e. The second kappa shape index (κ2) is 5.43. The number of pyridine rings is 1. The second-order valence-electron chi connectivity index (χ2n) is 3.89. The van der Waals surface area contributed by atoms with Gasteiger partial charge in [-0.05, 0) is 44.2 Å². The van der Waals surface area contributed by atoms with Gasteiger partial charge in [-0.3, -0.25) is 4.98 Å². The topological polar surface area (TPSA) is 36.7 Å². The fraction of sp³-hybridized carbons (Fsp3) is 0.143. The molecule has 0 aliphatic heterocycles. The van der Waals surface area contributed by atoms with Gasteiger partial charge in [-0.25, -0.2) is 0 Å². The van der Waals surface area contributed by atoms with Crippen LogP contribution in [0.25, 0.3) is 0 Å². The van der Waals surface area contributed by atoms with Crippen LogP contribution in [-0.4, -0.2) is 4.98 Å². The molecule has 1 aromatic heterocycles. The van der Waals surface area contributed by atoms with Gasteiger partial charge < -0.3 is 0 Å². The Morgan fingerprint density at radius 1 is 1.22 bits per heavy atom. The highest BCUT2D eigenvalue weighted by Crippen LogP contribution is 2.32. The molecule has 2 aromatic rings. The average Bonchev–Trinajstić information content (AvgIpc) is 2.32. The lowest BCUT2D eigenvalue weighted by Crippen LogP contribution is -1.93. The predicted molar refractivity (Wildman–Crippen MR) is 74.0 cm³/mol. The van der Waals surface area contributed by atoms with Crippen LogP contribution in [0.3, 0.4) is 0 Å². The first-order valence-corrected chi connectivity index (χ1v) is 6.61. The Kier molecular flexibility index (Phi) is 3.90. The predicted octanol–water partition coefficient (Wildman–Crippen LogP) is 4.37. The summed E-state index contributed by atoms with van der Waals surface area (Å²) in [6.45, 7) is 3.79. The number of halogens is 1. The van der Waals surface area contributed by atoms with Crippen LogP contribution in [0.5, 0.6) is 0 Å². The van der Waals surface area contributed by atoms with Crippen LogP contribution in [0, 0.1) is 25.2 Å². The SMILES string of the molecule is Cc1cc(Sc2ccc(Cl)cc2)c(C#N)c(C)n1. The van der Waals surface area contributed by atoms with Crippen molar-refractivity contribution in [2.24, 2.45) is 0 Å². The molecule has 0 amide bonds. The van der Waals surface area contributed by atoms with E-state index in [9.17, 15) is 5.26 Å². The summed E-state index contributed by atoms with van der Waals surface area (Å²) < 4.78 is 0. The van der Waals surface area contributed by atoms with Gasteiger partial charge in [-0.2, -0.15) is 5.26 Å². The molecule has 0 atom stereocenters. The summed E-state index contributed by atoms with van der Waals surface area (Å²) in [6.07, 6.45) is 0. The highest BCUT2D eigenvalue weighted by atomic mass is 35.5. The summed E-state index contributed by atoms with van der Waals surface area (Å²) in [7, 11) is 0. The van der Waals surface area contributed by atoms with Crippen LogP contribution in [-0.2, 0) is 0 Å². The molecule has 1 heterocycles. The van der Waals surface area contributed by atoms with Gasteiger partial charge in [0.1, 0.15) is 6.07 Å². The Bertz CT molecular complexity index is 615. The van der Waals surface area contributed by atoms with Crippen molar-refractivity contribution in [2.45, 2.75) is 23.6 Å². The minimum Gasteiger partial charge on any atom is -0.257 e. The van der Waals surface area contributed by atoms with Gasteiger partial charge in [-0.1, -0.05) is 23.4 Å². The van der Waals surface area contributed by atoms with Crippen molar-refractivity contribution in [2.75, 3.05) is 0 Å². The molecular weight excluding hydrogens is 264 g/mol. The fourth-order valence-corrected chi connectivity index (χ4v) is 2.82. The third kappa shape index (κ3) is 2.84. The molecule has 2 nitrogen and oxygen atoms in total. The van der Waals surface area contributed by atoms with Crippen LogP contribution in [0.15, 0.2) is 40.1 Å². The molecular formula is C14H11ClN2S. The van der Waals surface area contributed by atoms with Crippen molar-refractivity contribution in [3.8, 4) is 6.07 Å². The molecule has 0 radical (unpaired) electrons. The maximum atomic E-state index is 9.19. The monoisotopic (exact) mass is 274 g/mol. The van der Waals surface area contributed by atoms with Gasteiger partial charge in [-0.15, -0.1) is 0 Å². The Balaban J connectivity index is 2.40. The molecule has 0 unspecified atom stereocenters.